The highest BCUT2D eigenvalue weighted by Gasteiger charge is 2.15. The monoisotopic (exact) mass is 252 g/mol. The van der Waals surface area contributed by atoms with Crippen LogP contribution < -0.4 is 11.1 Å². The van der Waals surface area contributed by atoms with Crippen LogP contribution >= 0.6 is 0 Å². The van der Waals surface area contributed by atoms with Crippen molar-refractivity contribution in [3.05, 3.63) is 23.7 Å². The molecular formula is C13H20N2O3. The zero-order chi connectivity index (χ0) is 12.8. The first-order valence-electron chi connectivity index (χ1n) is 6.48. The summed E-state index contributed by atoms with van der Waals surface area (Å²) in [5, 5.41) is 2.83. The Morgan fingerprint density at radius 1 is 1.44 bits per heavy atom. The number of ether oxygens (including phenoxy) is 1. The second kappa shape index (κ2) is 6.56. The molecule has 1 atom stereocenters. The van der Waals surface area contributed by atoms with Gasteiger partial charge in [-0.3, -0.25) is 4.79 Å². The molecule has 1 aliphatic heterocycles. The Labute approximate surface area is 107 Å². The standard InChI is InChI=1S/C13H20N2O3/c14-9-11-4-5-12(18-11)13(16)15-7-6-10-3-1-2-8-17-10/h4-5,10H,1-3,6-9,14H2,(H,15,16). The van der Waals surface area contributed by atoms with Crippen molar-refractivity contribution in [1.82, 2.24) is 5.32 Å². The minimum Gasteiger partial charge on any atom is -0.455 e. The molecule has 1 amide bonds. The molecule has 100 valence electrons. The van der Waals surface area contributed by atoms with E-state index in [4.69, 9.17) is 14.9 Å². The molecule has 2 rings (SSSR count). The Morgan fingerprint density at radius 3 is 3.00 bits per heavy atom. The number of hydrogen-bond donors (Lipinski definition) is 2. The Bertz CT molecular complexity index is 383. The summed E-state index contributed by atoms with van der Waals surface area (Å²) in [6.45, 7) is 1.77. The maximum absolute atomic E-state index is 11.7. The average molecular weight is 252 g/mol. The van der Waals surface area contributed by atoms with Gasteiger partial charge in [-0.1, -0.05) is 0 Å². The van der Waals surface area contributed by atoms with Crippen LogP contribution in [0.3, 0.4) is 0 Å². The van der Waals surface area contributed by atoms with Gasteiger partial charge in [0.15, 0.2) is 5.76 Å². The molecule has 2 heterocycles. The first-order valence-corrected chi connectivity index (χ1v) is 6.48. The largest absolute Gasteiger partial charge is 0.455 e. The number of furan rings is 1. The van der Waals surface area contributed by atoms with E-state index in [9.17, 15) is 4.79 Å². The van der Waals surface area contributed by atoms with Crippen molar-refractivity contribution in [3.63, 3.8) is 0 Å². The van der Waals surface area contributed by atoms with E-state index in [1.54, 1.807) is 12.1 Å². The number of hydrogen-bond acceptors (Lipinski definition) is 4. The Morgan fingerprint density at radius 2 is 2.33 bits per heavy atom. The molecule has 1 aromatic heterocycles. The average Bonchev–Trinajstić information content (AvgIpc) is 2.89. The number of carbonyl (C=O) groups is 1. The Hall–Kier alpha value is -1.33. The van der Waals surface area contributed by atoms with Crippen LogP contribution in [-0.2, 0) is 11.3 Å². The molecule has 1 fully saturated rings. The Balaban J connectivity index is 1.70. The van der Waals surface area contributed by atoms with E-state index in [-0.39, 0.29) is 12.0 Å². The number of nitrogens with one attached hydrogen (secondary N) is 1. The number of carbonyl (C=O) groups excluding carboxylic acids is 1. The van der Waals surface area contributed by atoms with Gasteiger partial charge in [-0.2, -0.15) is 0 Å². The molecule has 1 aliphatic rings. The highest BCUT2D eigenvalue weighted by atomic mass is 16.5. The maximum atomic E-state index is 11.7. The molecule has 0 spiro atoms. The zero-order valence-corrected chi connectivity index (χ0v) is 10.5. The first-order chi connectivity index (χ1) is 8.79. The molecule has 3 N–H and O–H groups in total. The molecule has 5 nitrogen and oxygen atoms in total. The van der Waals surface area contributed by atoms with Gasteiger partial charge < -0.3 is 20.2 Å². The van der Waals surface area contributed by atoms with E-state index in [0.29, 0.717) is 24.6 Å². The van der Waals surface area contributed by atoms with Crippen LogP contribution in [0.2, 0.25) is 0 Å². The summed E-state index contributed by atoms with van der Waals surface area (Å²) in [5.74, 6) is 0.751. The summed E-state index contributed by atoms with van der Waals surface area (Å²) in [6.07, 6.45) is 4.60. The molecule has 0 aliphatic carbocycles. The quantitative estimate of drug-likeness (QED) is 0.831. The normalized spacial score (nSPS) is 19.7. The minimum absolute atomic E-state index is 0.189. The lowest BCUT2D eigenvalue weighted by Crippen LogP contribution is -2.29. The lowest BCUT2D eigenvalue weighted by molar-refractivity contribution is 0.0116. The molecule has 1 saturated heterocycles. The molecule has 1 unspecified atom stereocenters. The van der Waals surface area contributed by atoms with E-state index in [1.165, 1.54) is 6.42 Å². The van der Waals surface area contributed by atoms with Gasteiger partial charge in [-0.05, 0) is 37.8 Å². The van der Waals surface area contributed by atoms with Gasteiger partial charge >= 0.3 is 0 Å². The fourth-order valence-corrected chi connectivity index (χ4v) is 2.08. The number of rotatable bonds is 5. The van der Waals surface area contributed by atoms with Crippen molar-refractivity contribution >= 4 is 5.91 Å². The highest BCUT2D eigenvalue weighted by Crippen LogP contribution is 2.15. The minimum atomic E-state index is -0.189. The van der Waals surface area contributed by atoms with Gasteiger partial charge in [0.05, 0.1) is 12.6 Å². The SMILES string of the molecule is NCc1ccc(C(=O)NCCC2CCCCO2)o1. The summed E-state index contributed by atoms with van der Waals surface area (Å²) in [6, 6.07) is 3.37. The van der Waals surface area contributed by atoms with Gasteiger partial charge in [0.2, 0.25) is 0 Å². The van der Waals surface area contributed by atoms with Gasteiger partial charge in [-0.15, -0.1) is 0 Å². The van der Waals surface area contributed by atoms with Crippen molar-refractivity contribution in [2.75, 3.05) is 13.2 Å². The van der Waals surface area contributed by atoms with E-state index >= 15 is 0 Å². The van der Waals surface area contributed by atoms with Crippen molar-refractivity contribution in [2.24, 2.45) is 5.73 Å². The predicted octanol–water partition coefficient (Wildman–Crippen LogP) is 1.43. The zero-order valence-electron chi connectivity index (χ0n) is 10.5. The van der Waals surface area contributed by atoms with Crippen molar-refractivity contribution in [1.29, 1.82) is 0 Å². The smallest absolute Gasteiger partial charge is 0.286 e. The second-order valence-electron chi connectivity index (χ2n) is 4.50. The van der Waals surface area contributed by atoms with Crippen LogP contribution in [0.1, 0.15) is 42.0 Å². The predicted molar refractivity (Wildman–Crippen MR) is 67.1 cm³/mol. The number of nitrogens with two attached hydrogens (primary N) is 1. The molecule has 0 bridgehead atoms. The lowest BCUT2D eigenvalue weighted by atomic mass is 10.1. The van der Waals surface area contributed by atoms with E-state index in [0.717, 1.165) is 25.9 Å². The van der Waals surface area contributed by atoms with E-state index in [1.807, 2.05) is 0 Å². The fourth-order valence-electron chi connectivity index (χ4n) is 2.08. The van der Waals surface area contributed by atoms with Crippen LogP contribution in [0.25, 0.3) is 0 Å². The van der Waals surface area contributed by atoms with Crippen LogP contribution in [-0.4, -0.2) is 25.2 Å². The molecule has 0 aromatic carbocycles. The summed E-state index contributed by atoms with van der Waals surface area (Å²) in [7, 11) is 0. The van der Waals surface area contributed by atoms with Gasteiger partial charge in [-0.25, -0.2) is 0 Å². The third-order valence-corrected chi connectivity index (χ3v) is 3.11. The maximum Gasteiger partial charge on any atom is 0.286 e. The topological polar surface area (TPSA) is 77.5 Å². The third-order valence-electron chi connectivity index (χ3n) is 3.11. The lowest BCUT2D eigenvalue weighted by Gasteiger charge is -2.22. The highest BCUT2D eigenvalue weighted by molar-refractivity contribution is 5.91. The van der Waals surface area contributed by atoms with E-state index in [2.05, 4.69) is 5.32 Å². The summed E-state index contributed by atoms with van der Waals surface area (Å²) >= 11 is 0. The fraction of sp³-hybridized carbons (Fsp3) is 0.615. The van der Waals surface area contributed by atoms with E-state index < -0.39 is 0 Å². The van der Waals surface area contributed by atoms with Crippen molar-refractivity contribution in [2.45, 2.75) is 38.3 Å². The summed E-state index contributed by atoms with van der Waals surface area (Å²) < 4.78 is 10.9. The molecule has 0 saturated carbocycles. The van der Waals surface area contributed by atoms with Gasteiger partial charge in [0, 0.05) is 13.2 Å². The molecule has 0 radical (unpaired) electrons. The van der Waals surface area contributed by atoms with Crippen LogP contribution in [0.5, 0.6) is 0 Å². The molecule has 18 heavy (non-hydrogen) atoms. The third kappa shape index (κ3) is 3.58. The molecule has 5 heteroatoms. The summed E-state index contributed by atoms with van der Waals surface area (Å²) in [5.41, 5.74) is 5.42. The second-order valence-corrected chi connectivity index (χ2v) is 4.50. The van der Waals surface area contributed by atoms with Crippen LogP contribution in [0.4, 0.5) is 0 Å². The van der Waals surface area contributed by atoms with Gasteiger partial charge in [0.1, 0.15) is 5.76 Å². The summed E-state index contributed by atoms with van der Waals surface area (Å²) in [4.78, 5) is 11.7. The van der Waals surface area contributed by atoms with Crippen LogP contribution in [0.15, 0.2) is 16.5 Å². The van der Waals surface area contributed by atoms with Gasteiger partial charge in [0.25, 0.3) is 5.91 Å². The Kier molecular flexibility index (Phi) is 4.78. The van der Waals surface area contributed by atoms with Crippen LogP contribution in [0, 0.1) is 0 Å². The molecular weight excluding hydrogens is 232 g/mol. The van der Waals surface area contributed by atoms with Crippen molar-refractivity contribution in [3.8, 4) is 0 Å². The molecule has 1 aromatic rings. The number of amides is 1. The van der Waals surface area contributed by atoms with Crippen molar-refractivity contribution < 1.29 is 13.9 Å². The first kappa shape index (κ1) is 13.1.